The largest absolute Gasteiger partial charge is 0.478 e. The molecule has 1 aromatic rings. The SMILES string of the molecule is CN(C(=O)N1CC(C(=O)O)Oc2ccccc21)C1CC1. The van der Waals surface area contributed by atoms with E-state index < -0.39 is 12.1 Å². The van der Waals surface area contributed by atoms with Gasteiger partial charge >= 0.3 is 12.0 Å². The molecule has 1 N–H and O–H groups in total. The summed E-state index contributed by atoms with van der Waals surface area (Å²) < 4.78 is 5.42. The molecule has 1 unspecified atom stereocenters. The van der Waals surface area contributed by atoms with E-state index in [2.05, 4.69) is 0 Å². The Morgan fingerprint density at radius 1 is 1.35 bits per heavy atom. The third-order valence-electron chi connectivity index (χ3n) is 3.68. The highest BCUT2D eigenvalue weighted by atomic mass is 16.5. The second-order valence-electron chi connectivity index (χ2n) is 5.15. The number of fused-ring (bicyclic) bond motifs is 1. The normalized spacial score (nSPS) is 20.9. The van der Waals surface area contributed by atoms with Gasteiger partial charge in [0, 0.05) is 13.1 Å². The molecule has 1 fully saturated rings. The van der Waals surface area contributed by atoms with Crippen LogP contribution in [0.2, 0.25) is 0 Å². The van der Waals surface area contributed by atoms with Gasteiger partial charge in [-0.25, -0.2) is 9.59 Å². The summed E-state index contributed by atoms with van der Waals surface area (Å²) >= 11 is 0. The molecule has 1 aliphatic heterocycles. The quantitative estimate of drug-likeness (QED) is 0.889. The van der Waals surface area contributed by atoms with E-state index in [9.17, 15) is 9.59 Å². The van der Waals surface area contributed by atoms with Crippen LogP contribution in [-0.4, -0.2) is 47.7 Å². The van der Waals surface area contributed by atoms with Crippen LogP contribution < -0.4 is 9.64 Å². The van der Waals surface area contributed by atoms with E-state index in [1.54, 1.807) is 36.2 Å². The fourth-order valence-corrected chi connectivity index (χ4v) is 2.35. The van der Waals surface area contributed by atoms with Crippen LogP contribution in [0.5, 0.6) is 5.75 Å². The molecule has 1 aliphatic carbocycles. The first-order valence-electron chi connectivity index (χ1n) is 6.60. The molecule has 1 saturated carbocycles. The van der Waals surface area contributed by atoms with Crippen LogP contribution in [0.25, 0.3) is 0 Å². The Morgan fingerprint density at radius 2 is 2.05 bits per heavy atom. The molecule has 1 heterocycles. The number of carbonyl (C=O) groups is 2. The molecule has 20 heavy (non-hydrogen) atoms. The van der Waals surface area contributed by atoms with E-state index in [4.69, 9.17) is 9.84 Å². The number of amides is 2. The summed E-state index contributed by atoms with van der Waals surface area (Å²) in [5.41, 5.74) is 0.627. The number of carboxylic acid groups (broad SMARTS) is 1. The van der Waals surface area contributed by atoms with E-state index in [0.717, 1.165) is 12.8 Å². The summed E-state index contributed by atoms with van der Waals surface area (Å²) in [6, 6.07) is 7.13. The molecular formula is C14H16N2O4. The second-order valence-corrected chi connectivity index (χ2v) is 5.15. The summed E-state index contributed by atoms with van der Waals surface area (Å²) in [6.45, 7) is 0.0300. The summed E-state index contributed by atoms with van der Waals surface area (Å²) in [7, 11) is 1.76. The van der Waals surface area contributed by atoms with Gasteiger partial charge in [-0.3, -0.25) is 4.90 Å². The molecule has 0 radical (unpaired) electrons. The second kappa shape index (κ2) is 4.70. The van der Waals surface area contributed by atoms with Gasteiger partial charge in [-0.05, 0) is 25.0 Å². The molecule has 0 spiro atoms. The van der Waals surface area contributed by atoms with Crippen LogP contribution >= 0.6 is 0 Å². The average Bonchev–Trinajstić information content (AvgIpc) is 3.29. The monoisotopic (exact) mass is 276 g/mol. The first kappa shape index (κ1) is 12.8. The van der Waals surface area contributed by atoms with Crippen molar-refractivity contribution in [2.24, 2.45) is 0 Å². The molecule has 1 atom stereocenters. The molecule has 1 aromatic carbocycles. The van der Waals surface area contributed by atoms with Gasteiger partial charge in [0.1, 0.15) is 5.75 Å². The molecule has 2 aliphatic rings. The highest BCUT2D eigenvalue weighted by Crippen LogP contribution is 2.35. The zero-order valence-corrected chi connectivity index (χ0v) is 11.2. The summed E-state index contributed by atoms with van der Waals surface area (Å²) in [6.07, 6.45) is 0.995. The first-order chi connectivity index (χ1) is 9.58. The lowest BCUT2D eigenvalue weighted by molar-refractivity contribution is -0.144. The topological polar surface area (TPSA) is 70.1 Å². The van der Waals surface area contributed by atoms with Gasteiger partial charge in [-0.1, -0.05) is 12.1 Å². The number of ether oxygens (including phenoxy) is 1. The maximum Gasteiger partial charge on any atom is 0.346 e. The van der Waals surface area contributed by atoms with Crippen LogP contribution in [0.3, 0.4) is 0 Å². The Kier molecular flexibility index (Phi) is 3.00. The van der Waals surface area contributed by atoms with Gasteiger partial charge in [0.2, 0.25) is 6.10 Å². The van der Waals surface area contributed by atoms with Gasteiger partial charge < -0.3 is 14.7 Å². The molecule has 2 amide bonds. The fraction of sp³-hybridized carbons (Fsp3) is 0.429. The molecule has 106 valence electrons. The van der Waals surface area contributed by atoms with Gasteiger partial charge in [-0.15, -0.1) is 0 Å². The predicted molar refractivity (Wildman–Crippen MR) is 72.0 cm³/mol. The highest BCUT2D eigenvalue weighted by molar-refractivity contribution is 5.95. The minimum atomic E-state index is -1.06. The first-order valence-corrected chi connectivity index (χ1v) is 6.60. The number of urea groups is 1. The van der Waals surface area contributed by atoms with E-state index in [1.165, 1.54) is 4.90 Å². The van der Waals surface area contributed by atoms with Crippen molar-refractivity contribution in [1.29, 1.82) is 0 Å². The van der Waals surface area contributed by atoms with Crippen molar-refractivity contribution < 1.29 is 19.4 Å². The van der Waals surface area contributed by atoms with E-state index in [0.29, 0.717) is 11.4 Å². The summed E-state index contributed by atoms with van der Waals surface area (Å²) in [5.74, 6) is -0.630. The van der Waals surface area contributed by atoms with Gasteiger partial charge in [0.05, 0.1) is 12.2 Å². The summed E-state index contributed by atoms with van der Waals surface area (Å²) in [4.78, 5) is 26.9. The van der Waals surface area contributed by atoms with Crippen LogP contribution in [-0.2, 0) is 4.79 Å². The zero-order chi connectivity index (χ0) is 14.3. The third-order valence-corrected chi connectivity index (χ3v) is 3.68. The van der Waals surface area contributed by atoms with Gasteiger partial charge in [-0.2, -0.15) is 0 Å². The minimum Gasteiger partial charge on any atom is -0.478 e. The Balaban J connectivity index is 1.91. The maximum absolute atomic E-state index is 12.5. The van der Waals surface area contributed by atoms with Crippen LogP contribution in [0.15, 0.2) is 24.3 Å². The zero-order valence-electron chi connectivity index (χ0n) is 11.2. The van der Waals surface area contributed by atoms with E-state index in [-0.39, 0.29) is 18.6 Å². The van der Waals surface area contributed by atoms with Crippen LogP contribution in [0.1, 0.15) is 12.8 Å². The smallest absolute Gasteiger partial charge is 0.346 e. The van der Waals surface area contributed by atoms with Gasteiger partial charge in [0.25, 0.3) is 0 Å². The number of nitrogens with zero attached hydrogens (tertiary/aromatic N) is 2. The van der Waals surface area contributed by atoms with E-state index in [1.807, 2.05) is 0 Å². The van der Waals surface area contributed by atoms with Crippen molar-refractivity contribution >= 4 is 17.7 Å². The number of anilines is 1. The van der Waals surface area contributed by atoms with Crippen molar-refractivity contribution in [3.8, 4) is 5.75 Å². The minimum absolute atomic E-state index is 0.0300. The Bertz CT molecular complexity index is 556. The van der Waals surface area contributed by atoms with Crippen LogP contribution in [0.4, 0.5) is 10.5 Å². The number of carbonyl (C=O) groups excluding carboxylic acids is 1. The number of hydrogen-bond donors (Lipinski definition) is 1. The standard InChI is InChI=1S/C14H16N2O4/c1-15(9-6-7-9)14(19)16-8-12(13(17)18)20-11-5-3-2-4-10(11)16/h2-5,9,12H,6-8H2,1H3,(H,17,18). The van der Waals surface area contributed by atoms with Crippen molar-refractivity contribution in [2.75, 3.05) is 18.5 Å². The van der Waals surface area contributed by atoms with Crippen molar-refractivity contribution in [2.45, 2.75) is 25.0 Å². The molecule has 6 heteroatoms. The predicted octanol–water partition coefficient (Wildman–Crippen LogP) is 1.55. The number of para-hydroxylation sites is 2. The number of carboxylic acids is 1. The lowest BCUT2D eigenvalue weighted by Gasteiger charge is -2.35. The number of hydrogen-bond acceptors (Lipinski definition) is 3. The Morgan fingerprint density at radius 3 is 2.70 bits per heavy atom. The lowest BCUT2D eigenvalue weighted by Crippen LogP contribution is -2.51. The molecular weight excluding hydrogens is 260 g/mol. The molecule has 0 bridgehead atoms. The number of benzene rings is 1. The summed E-state index contributed by atoms with van der Waals surface area (Å²) in [5, 5.41) is 9.15. The van der Waals surface area contributed by atoms with Crippen molar-refractivity contribution in [1.82, 2.24) is 4.90 Å². The van der Waals surface area contributed by atoms with Crippen LogP contribution in [0, 0.1) is 0 Å². The number of rotatable bonds is 2. The number of aliphatic carboxylic acids is 1. The van der Waals surface area contributed by atoms with Crippen molar-refractivity contribution in [3.63, 3.8) is 0 Å². The van der Waals surface area contributed by atoms with Gasteiger partial charge in [0.15, 0.2) is 0 Å². The molecule has 0 aromatic heterocycles. The lowest BCUT2D eigenvalue weighted by atomic mass is 10.2. The third kappa shape index (κ3) is 2.17. The van der Waals surface area contributed by atoms with E-state index >= 15 is 0 Å². The maximum atomic E-state index is 12.5. The highest BCUT2D eigenvalue weighted by Gasteiger charge is 2.38. The molecule has 0 saturated heterocycles. The molecule has 3 rings (SSSR count). The fourth-order valence-electron chi connectivity index (χ4n) is 2.35. The molecule has 6 nitrogen and oxygen atoms in total. The van der Waals surface area contributed by atoms with Crippen molar-refractivity contribution in [3.05, 3.63) is 24.3 Å². The Labute approximate surface area is 116 Å². The average molecular weight is 276 g/mol. The Hall–Kier alpha value is -2.24.